The zero-order chi connectivity index (χ0) is 14.0. The molecule has 0 bridgehead atoms. The lowest BCUT2D eigenvalue weighted by Gasteiger charge is -2.27. The molecule has 0 saturated heterocycles. The summed E-state index contributed by atoms with van der Waals surface area (Å²) in [6.07, 6.45) is -8.09. The summed E-state index contributed by atoms with van der Waals surface area (Å²) in [5.41, 5.74) is 0. The standard InChI is InChI=1S/C10H13F6NO/c11-9(12,13)7(10(14,15)16)8(18)17-6-4-2-1-3-5-6/h6-7H,1-5H2,(H,17,18). The van der Waals surface area contributed by atoms with Gasteiger partial charge < -0.3 is 5.32 Å². The highest BCUT2D eigenvalue weighted by Crippen LogP contribution is 2.39. The van der Waals surface area contributed by atoms with Crippen LogP contribution >= 0.6 is 0 Å². The third kappa shape index (κ3) is 4.06. The molecule has 0 aromatic rings. The molecule has 0 heterocycles. The number of nitrogens with one attached hydrogen (secondary N) is 1. The van der Waals surface area contributed by atoms with E-state index in [0.29, 0.717) is 25.7 Å². The van der Waals surface area contributed by atoms with Crippen molar-refractivity contribution in [2.45, 2.75) is 50.5 Å². The monoisotopic (exact) mass is 277 g/mol. The Morgan fingerprint density at radius 3 is 1.78 bits per heavy atom. The highest BCUT2D eigenvalue weighted by Gasteiger charge is 2.61. The molecule has 1 aliphatic rings. The predicted molar refractivity (Wildman–Crippen MR) is 50.6 cm³/mol. The van der Waals surface area contributed by atoms with Crippen molar-refractivity contribution < 1.29 is 31.1 Å². The van der Waals surface area contributed by atoms with E-state index in [1.54, 1.807) is 0 Å². The Bertz CT molecular complexity index is 278. The molecule has 106 valence electrons. The van der Waals surface area contributed by atoms with Gasteiger partial charge in [0.2, 0.25) is 11.8 Å². The van der Waals surface area contributed by atoms with Crippen LogP contribution in [-0.2, 0) is 4.79 Å². The van der Waals surface area contributed by atoms with Gasteiger partial charge >= 0.3 is 12.4 Å². The number of hydrogen-bond acceptors (Lipinski definition) is 1. The van der Waals surface area contributed by atoms with Crippen LogP contribution in [0.4, 0.5) is 26.3 Å². The van der Waals surface area contributed by atoms with Gasteiger partial charge in [-0.05, 0) is 12.8 Å². The van der Waals surface area contributed by atoms with Crippen LogP contribution in [-0.4, -0.2) is 24.3 Å². The van der Waals surface area contributed by atoms with Crippen molar-refractivity contribution in [3.05, 3.63) is 0 Å². The summed E-state index contributed by atoms with van der Waals surface area (Å²) in [7, 11) is 0. The molecule has 18 heavy (non-hydrogen) atoms. The molecule has 1 aliphatic carbocycles. The van der Waals surface area contributed by atoms with Gasteiger partial charge in [-0.3, -0.25) is 4.79 Å². The summed E-state index contributed by atoms with van der Waals surface area (Å²) in [5, 5.41) is 1.85. The van der Waals surface area contributed by atoms with E-state index >= 15 is 0 Å². The Balaban J connectivity index is 2.71. The lowest BCUT2D eigenvalue weighted by molar-refractivity contribution is -0.274. The second kappa shape index (κ2) is 5.36. The summed E-state index contributed by atoms with van der Waals surface area (Å²) in [6, 6.07) is -0.585. The number of halogens is 6. The molecule has 0 unspecified atom stereocenters. The van der Waals surface area contributed by atoms with Crippen molar-refractivity contribution in [2.24, 2.45) is 5.92 Å². The summed E-state index contributed by atoms with van der Waals surface area (Å²) in [6.45, 7) is 0. The highest BCUT2D eigenvalue weighted by molar-refractivity contribution is 5.80. The lowest BCUT2D eigenvalue weighted by atomic mass is 9.94. The normalized spacial score (nSPS) is 19.1. The van der Waals surface area contributed by atoms with Gasteiger partial charge in [0.1, 0.15) is 0 Å². The molecule has 0 aromatic carbocycles. The van der Waals surface area contributed by atoms with Crippen LogP contribution in [0.15, 0.2) is 0 Å². The van der Waals surface area contributed by atoms with Gasteiger partial charge in [-0.1, -0.05) is 19.3 Å². The van der Waals surface area contributed by atoms with Crippen LogP contribution in [0, 0.1) is 5.92 Å². The van der Waals surface area contributed by atoms with E-state index in [-0.39, 0.29) is 0 Å². The quantitative estimate of drug-likeness (QED) is 0.772. The maximum absolute atomic E-state index is 12.2. The second-order valence-electron chi connectivity index (χ2n) is 4.36. The first kappa shape index (κ1) is 15.1. The van der Waals surface area contributed by atoms with Crippen LogP contribution in [0.5, 0.6) is 0 Å². The fraction of sp³-hybridized carbons (Fsp3) is 0.900. The number of carbonyl (C=O) groups is 1. The highest BCUT2D eigenvalue weighted by atomic mass is 19.4. The maximum Gasteiger partial charge on any atom is 0.409 e. The van der Waals surface area contributed by atoms with Crippen LogP contribution < -0.4 is 5.32 Å². The third-order valence-electron chi connectivity index (χ3n) is 2.87. The van der Waals surface area contributed by atoms with Crippen LogP contribution in [0.25, 0.3) is 0 Å². The van der Waals surface area contributed by atoms with E-state index in [1.807, 2.05) is 5.32 Å². The average Bonchev–Trinajstić information content (AvgIpc) is 2.13. The van der Waals surface area contributed by atoms with E-state index in [4.69, 9.17) is 0 Å². The van der Waals surface area contributed by atoms with Crippen molar-refractivity contribution in [3.63, 3.8) is 0 Å². The minimum Gasteiger partial charge on any atom is -0.353 e. The number of amides is 1. The van der Waals surface area contributed by atoms with Gasteiger partial charge in [-0.25, -0.2) is 0 Å². The Hall–Kier alpha value is -0.950. The van der Waals surface area contributed by atoms with E-state index in [1.165, 1.54) is 0 Å². The fourth-order valence-corrected chi connectivity index (χ4v) is 2.01. The zero-order valence-electron chi connectivity index (χ0n) is 9.37. The van der Waals surface area contributed by atoms with Gasteiger partial charge in [0.15, 0.2) is 0 Å². The molecule has 1 rings (SSSR count). The molecule has 0 aliphatic heterocycles. The summed E-state index contributed by atoms with van der Waals surface area (Å²) in [5.74, 6) is -5.94. The maximum atomic E-state index is 12.2. The third-order valence-corrected chi connectivity index (χ3v) is 2.87. The first-order chi connectivity index (χ1) is 8.12. The molecule has 0 atom stereocenters. The van der Waals surface area contributed by atoms with Gasteiger partial charge in [0.05, 0.1) is 0 Å². The molecule has 2 nitrogen and oxygen atoms in total. The molecule has 1 amide bonds. The minimum atomic E-state index is -5.61. The number of alkyl halides is 6. The first-order valence-corrected chi connectivity index (χ1v) is 5.56. The summed E-state index contributed by atoms with van der Waals surface area (Å²) in [4.78, 5) is 11.2. The van der Waals surface area contributed by atoms with Crippen molar-refractivity contribution >= 4 is 5.91 Å². The second-order valence-corrected chi connectivity index (χ2v) is 4.36. The van der Waals surface area contributed by atoms with E-state index in [0.717, 1.165) is 6.42 Å². The van der Waals surface area contributed by atoms with Gasteiger partial charge in [-0.2, -0.15) is 26.3 Å². The summed E-state index contributed by atoms with van der Waals surface area (Å²) < 4.78 is 73.4. The van der Waals surface area contributed by atoms with Gasteiger partial charge in [-0.15, -0.1) is 0 Å². The first-order valence-electron chi connectivity index (χ1n) is 5.56. The van der Waals surface area contributed by atoms with Crippen LogP contribution in [0.2, 0.25) is 0 Å². The lowest BCUT2D eigenvalue weighted by Crippen LogP contribution is -2.50. The fourth-order valence-electron chi connectivity index (χ4n) is 2.01. The van der Waals surface area contributed by atoms with Crippen molar-refractivity contribution in [2.75, 3.05) is 0 Å². The van der Waals surface area contributed by atoms with E-state index in [2.05, 4.69) is 0 Å². The summed E-state index contributed by atoms with van der Waals surface area (Å²) >= 11 is 0. The molecule has 1 N–H and O–H groups in total. The number of hydrogen-bond donors (Lipinski definition) is 1. The Labute approximate surface area is 99.7 Å². The molecule has 8 heteroatoms. The predicted octanol–water partition coefficient (Wildman–Crippen LogP) is 3.18. The topological polar surface area (TPSA) is 29.1 Å². The Kier molecular flexibility index (Phi) is 4.50. The number of rotatable bonds is 2. The van der Waals surface area contributed by atoms with Crippen LogP contribution in [0.3, 0.4) is 0 Å². The molecule has 0 radical (unpaired) electrons. The molecular weight excluding hydrogens is 264 g/mol. The number of carbonyl (C=O) groups excluding carboxylic acids is 1. The largest absolute Gasteiger partial charge is 0.409 e. The smallest absolute Gasteiger partial charge is 0.353 e. The van der Waals surface area contributed by atoms with Gasteiger partial charge in [0, 0.05) is 6.04 Å². The minimum absolute atomic E-state index is 0.425. The van der Waals surface area contributed by atoms with E-state index in [9.17, 15) is 31.1 Å². The van der Waals surface area contributed by atoms with Crippen molar-refractivity contribution in [1.29, 1.82) is 0 Å². The SMILES string of the molecule is O=C(NC1CCCCC1)C(C(F)(F)F)C(F)(F)F. The molecule has 1 fully saturated rings. The molecule has 1 saturated carbocycles. The van der Waals surface area contributed by atoms with Gasteiger partial charge in [0.25, 0.3) is 0 Å². The molecule has 0 aromatic heterocycles. The zero-order valence-corrected chi connectivity index (χ0v) is 9.37. The van der Waals surface area contributed by atoms with Crippen molar-refractivity contribution in [3.8, 4) is 0 Å². The Morgan fingerprint density at radius 2 is 1.39 bits per heavy atom. The Morgan fingerprint density at radius 1 is 0.944 bits per heavy atom. The molecular formula is C10H13F6NO. The van der Waals surface area contributed by atoms with Crippen molar-refractivity contribution in [1.82, 2.24) is 5.32 Å². The van der Waals surface area contributed by atoms with E-state index < -0.39 is 30.2 Å². The average molecular weight is 277 g/mol. The van der Waals surface area contributed by atoms with Crippen LogP contribution in [0.1, 0.15) is 32.1 Å². The molecule has 0 spiro atoms.